The zero-order valence-corrected chi connectivity index (χ0v) is 14.5. The summed E-state index contributed by atoms with van der Waals surface area (Å²) < 4.78 is 0. The molecule has 2 rings (SSSR count). The molecule has 25 heavy (non-hydrogen) atoms. The van der Waals surface area contributed by atoms with Crippen molar-refractivity contribution in [3.8, 4) is 0 Å². The van der Waals surface area contributed by atoms with Crippen LogP contribution in [0.25, 0.3) is 0 Å². The van der Waals surface area contributed by atoms with Crippen molar-refractivity contribution in [3.63, 3.8) is 0 Å². The standard InChI is InChI=1S/C18H20ClN3O3/c19-17-13-16(22(24)25)7-6-15(17)12-18(23)21(11-9-20)10-8-14-4-2-1-3-5-14/h1-7,13H,8-12,20H2. The predicted molar refractivity (Wildman–Crippen MR) is 97.6 cm³/mol. The average Bonchev–Trinajstić information content (AvgIpc) is 2.61. The molecule has 2 aromatic carbocycles. The van der Waals surface area contributed by atoms with Gasteiger partial charge in [-0.15, -0.1) is 0 Å². The molecule has 0 radical (unpaired) electrons. The molecule has 0 heterocycles. The van der Waals surface area contributed by atoms with E-state index in [0.29, 0.717) is 25.2 Å². The Morgan fingerprint density at radius 2 is 1.88 bits per heavy atom. The minimum atomic E-state index is -0.516. The second-order valence-electron chi connectivity index (χ2n) is 5.61. The lowest BCUT2D eigenvalue weighted by Crippen LogP contribution is -2.37. The third-order valence-corrected chi connectivity index (χ3v) is 4.21. The number of hydrogen-bond donors (Lipinski definition) is 1. The summed E-state index contributed by atoms with van der Waals surface area (Å²) in [6.07, 6.45) is 0.826. The molecule has 0 aliphatic rings. The SMILES string of the molecule is NCCN(CCc1ccccc1)C(=O)Cc1ccc([N+](=O)[O-])cc1Cl. The van der Waals surface area contributed by atoms with E-state index in [1.807, 2.05) is 30.3 Å². The van der Waals surface area contributed by atoms with Crippen LogP contribution >= 0.6 is 11.6 Å². The van der Waals surface area contributed by atoms with E-state index >= 15 is 0 Å². The maximum absolute atomic E-state index is 12.6. The van der Waals surface area contributed by atoms with Crippen LogP contribution in [-0.4, -0.2) is 35.4 Å². The first-order chi connectivity index (χ1) is 12.0. The van der Waals surface area contributed by atoms with Crippen LogP contribution in [0.5, 0.6) is 0 Å². The molecule has 0 unspecified atom stereocenters. The Bertz CT molecular complexity index is 738. The molecule has 0 aliphatic heterocycles. The van der Waals surface area contributed by atoms with E-state index in [1.54, 1.807) is 4.90 Å². The summed E-state index contributed by atoms with van der Waals surface area (Å²) in [6, 6.07) is 14.0. The first kappa shape index (κ1) is 18.9. The molecule has 0 saturated heterocycles. The fourth-order valence-electron chi connectivity index (χ4n) is 2.49. The maximum Gasteiger partial charge on any atom is 0.270 e. The fourth-order valence-corrected chi connectivity index (χ4v) is 2.74. The number of nitrogens with two attached hydrogens (primary N) is 1. The molecule has 0 aliphatic carbocycles. The van der Waals surface area contributed by atoms with E-state index in [2.05, 4.69) is 0 Å². The van der Waals surface area contributed by atoms with Crippen LogP contribution in [0, 0.1) is 10.1 Å². The molecule has 0 atom stereocenters. The molecule has 6 nitrogen and oxygen atoms in total. The monoisotopic (exact) mass is 361 g/mol. The van der Waals surface area contributed by atoms with Gasteiger partial charge in [-0.05, 0) is 17.5 Å². The highest BCUT2D eigenvalue weighted by Gasteiger charge is 2.17. The van der Waals surface area contributed by atoms with Crippen molar-refractivity contribution in [1.29, 1.82) is 0 Å². The number of carbonyl (C=O) groups excluding carboxylic acids is 1. The zero-order chi connectivity index (χ0) is 18.2. The summed E-state index contributed by atoms with van der Waals surface area (Å²) in [7, 11) is 0. The van der Waals surface area contributed by atoms with E-state index < -0.39 is 4.92 Å². The number of carbonyl (C=O) groups is 1. The largest absolute Gasteiger partial charge is 0.341 e. The first-order valence-corrected chi connectivity index (χ1v) is 8.33. The summed E-state index contributed by atoms with van der Waals surface area (Å²) in [5.74, 6) is -0.0999. The van der Waals surface area contributed by atoms with Crippen molar-refractivity contribution >= 4 is 23.2 Å². The molecule has 132 valence electrons. The number of non-ortho nitro benzene ring substituents is 1. The highest BCUT2D eigenvalue weighted by molar-refractivity contribution is 6.31. The molecular weight excluding hydrogens is 342 g/mol. The molecule has 7 heteroatoms. The number of nitro benzene ring substituents is 1. The smallest absolute Gasteiger partial charge is 0.270 e. The predicted octanol–water partition coefficient (Wildman–Crippen LogP) is 2.82. The van der Waals surface area contributed by atoms with Crippen molar-refractivity contribution < 1.29 is 9.72 Å². The summed E-state index contributed by atoms with van der Waals surface area (Å²) in [5.41, 5.74) is 7.24. The van der Waals surface area contributed by atoms with Crippen LogP contribution < -0.4 is 5.73 Å². The van der Waals surface area contributed by atoms with Gasteiger partial charge in [0.2, 0.25) is 5.91 Å². The molecule has 0 spiro atoms. The lowest BCUT2D eigenvalue weighted by atomic mass is 10.1. The van der Waals surface area contributed by atoms with E-state index in [0.717, 1.165) is 12.0 Å². The number of nitro groups is 1. The van der Waals surface area contributed by atoms with Gasteiger partial charge in [-0.25, -0.2) is 0 Å². The molecule has 0 bridgehead atoms. The summed E-state index contributed by atoms with van der Waals surface area (Å²) >= 11 is 6.07. The Labute approximate surface area is 151 Å². The van der Waals surface area contributed by atoms with Gasteiger partial charge in [-0.2, -0.15) is 0 Å². The summed E-state index contributed by atoms with van der Waals surface area (Å²) in [5, 5.41) is 11.0. The lowest BCUT2D eigenvalue weighted by molar-refractivity contribution is -0.384. The molecular formula is C18H20ClN3O3. The van der Waals surface area contributed by atoms with Gasteiger partial charge in [0, 0.05) is 31.8 Å². The number of benzene rings is 2. The van der Waals surface area contributed by atoms with Crippen molar-refractivity contribution in [2.75, 3.05) is 19.6 Å². The maximum atomic E-state index is 12.6. The molecule has 2 aromatic rings. The quantitative estimate of drug-likeness (QED) is 0.578. The Morgan fingerprint density at radius 1 is 1.16 bits per heavy atom. The number of halogens is 1. The number of amides is 1. The van der Waals surface area contributed by atoms with E-state index in [4.69, 9.17) is 17.3 Å². The van der Waals surface area contributed by atoms with E-state index in [-0.39, 0.29) is 23.0 Å². The number of hydrogen-bond acceptors (Lipinski definition) is 4. The minimum Gasteiger partial charge on any atom is -0.341 e. The number of rotatable bonds is 8. The van der Waals surface area contributed by atoms with Crippen LogP contribution in [0.1, 0.15) is 11.1 Å². The van der Waals surface area contributed by atoms with Crippen LogP contribution in [0.4, 0.5) is 5.69 Å². The third kappa shape index (κ3) is 5.55. The van der Waals surface area contributed by atoms with Gasteiger partial charge in [0.1, 0.15) is 0 Å². The average molecular weight is 362 g/mol. The molecule has 0 fully saturated rings. The van der Waals surface area contributed by atoms with Gasteiger partial charge < -0.3 is 10.6 Å². The van der Waals surface area contributed by atoms with Gasteiger partial charge in [-0.1, -0.05) is 48.0 Å². The third-order valence-electron chi connectivity index (χ3n) is 3.85. The van der Waals surface area contributed by atoms with Crippen molar-refractivity contribution in [1.82, 2.24) is 4.90 Å². The van der Waals surface area contributed by atoms with Gasteiger partial charge in [0.25, 0.3) is 5.69 Å². The topological polar surface area (TPSA) is 89.5 Å². The van der Waals surface area contributed by atoms with Crippen molar-refractivity contribution in [2.24, 2.45) is 5.73 Å². The van der Waals surface area contributed by atoms with Gasteiger partial charge >= 0.3 is 0 Å². The van der Waals surface area contributed by atoms with Crippen LogP contribution in [-0.2, 0) is 17.6 Å². The van der Waals surface area contributed by atoms with E-state index in [1.165, 1.54) is 18.2 Å². The summed E-state index contributed by atoms with van der Waals surface area (Å²) in [6.45, 7) is 1.38. The first-order valence-electron chi connectivity index (χ1n) is 7.96. The second kappa shape index (κ2) is 9.15. The molecule has 0 saturated carbocycles. The van der Waals surface area contributed by atoms with Crippen LogP contribution in [0.2, 0.25) is 5.02 Å². The minimum absolute atomic E-state index is 0.0889. The highest BCUT2D eigenvalue weighted by atomic mass is 35.5. The Kier molecular flexibility index (Phi) is 6.91. The van der Waals surface area contributed by atoms with Gasteiger partial charge in [0.15, 0.2) is 0 Å². The highest BCUT2D eigenvalue weighted by Crippen LogP contribution is 2.23. The van der Waals surface area contributed by atoms with Gasteiger partial charge in [-0.3, -0.25) is 14.9 Å². The molecule has 1 amide bonds. The molecule has 0 aromatic heterocycles. The Morgan fingerprint density at radius 3 is 2.48 bits per heavy atom. The lowest BCUT2D eigenvalue weighted by Gasteiger charge is -2.22. The molecule has 2 N–H and O–H groups in total. The fraction of sp³-hybridized carbons (Fsp3) is 0.278. The summed E-state index contributed by atoms with van der Waals surface area (Å²) in [4.78, 5) is 24.5. The van der Waals surface area contributed by atoms with Crippen LogP contribution in [0.3, 0.4) is 0 Å². The Balaban J connectivity index is 2.03. The van der Waals surface area contributed by atoms with Gasteiger partial charge in [0.05, 0.1) is 16.4 Å². The second-order valence-corrected chi connectivity index (χ2v) is 6.02. The van der Waals surface area contributed by atoms with Crippen molar-refractivity contribution in [3.05, 3.63) is 74.8 Å². The number of nitrogens with zero attached hydrogens (tertiary/aromatic N) is 2. The van der Waals surface area contributed by atoms with Crippen LogP contribution in [0.15, 0.2) is 48.5 Å². The zero-order valence-electron chi connectivity index (χ0n) is 13.7. The van der Waals surface area contributed by atoms with E-state index in [9.17, 15) is 14.9 Å². The Hall–Kier alpha value is -2.44. The normalized spacial score (nSPS) is 10.5. The van der Waals surface area contributed by atoms with Crippen molar-refractivity contribution in [2.45, 2.75) is 12.8 Å².